The molecule has 2 aromatic carbocycles. The molecule has 0 aliphatic carbocycles. The molecule has 0 aromatic heterocycles. The van der Waals surface area contributed by atoms with E-state index in [1.165, 1.54) is 9.87 Å². The van der Waals surface area contributed by atoms with Crippen LogP contribution in [0.5, 0.6) is 0 Å². The van der Waals surface area contributed by atoms with Crippen LogP contribution >= 0.6 is 0 Å². The van der Waals surface area contributed by atoms with E-state index in [-0.39, 0.29) is 17.7 Å². The Balaban J connectivity index is 1.72. The van der Waals surface area contributed by atoms with Gasteiger partial charge in [0.05, 0.1) is 17.5 Å². The number of hydrogen-bond donors (Lipinski definition) is 1. The van der Waals surface area contributed by atoms with E-state index in [2.05, 4.69) is 5.32 Å². The van der Waals surface area contributed by atoms with E-state index in [0.717, 1.165) is 18.4 Å². The van der Waals surface area contributed by atoms with Crippen LogP contribution < -0.4 is 9.62 Å². The van der Waals surface area contributed by atoms with Crippen molar-refractivity contribution in [3.63, 3.8) is 0 Å². The van der Waals surface area contributed by atoms with E-state index < -0.39 is 10.0 Å². The van der Waals surface area contributed by atoms with Gasteiger partial charge in [-0.3, -0.25) is 9.10 Å². The van der Waals surface area contributed by atoms with Crippen molar-refractivity contribution in [3.05, 3.63) is 65.2 Å². The summed E-state index contributed by atoms with van der Waals surface area (Å²) in [5.41, 5.74) is 3.41. The Morgan fingerprint density at radius 2 is 1.74 bits per heavy atom. The zero-order valence-corrected chi connectivity index (χ0v) is 16.6. The molecule has 1 aliphatic heterocycles. The minimum absolute atomic E-state index is 0.0553. The van der Waals surface area contributed by atoms with Crippen molar-refractivity contribution in [1.82, 2.24) is 5.32 Å². The predicted octanol–water partition coefficient (Wildman–Crippen LogP) is 3.81. The van der Waals surface area contributed by atoms with Gasteiger partial charge in [-0.25, -0.2) is 8.42 Å². The summed E-state index contributed by atoms with van der Waals surface area (Å²) in [4.78, 5) is 12.6. The number of nitrogens with one attached hydrogen (secondary N) is 1. The van der Waals surface area contributed by atoms with Crippen molar-refractivity contribution >= 4 is 21.6 Å². The second-order valence-corrected chi connectivity index (χ2v) is 9.00. The molecule has 1 N–H and O–H groups in total. The largest absolute Gasteiger partial charge is 0.345 e. The fourth-order valence-corrected chi connectivity index (χ4v) is 4.96. The van der Waals surface area contributed by atoms with Crippen LogP contribution in [0, 0.1) is 6.92 Å². The highest BCUT2D eigenvalue weighted by Gasteiger charge is 2.26. The molecule has 3 rings (SSSR count). The van der Waals surface area contributed by atoms with Crippen LogP contribution in [0.15, 0.2) is 48.5 Å². The summed E-state index contributed by atoms with van der Waals surface area (Å²) in [6, 6.07) is 14.9. The van der Waals surface area contributed by atoms with E-state index >= 15 is 0 Å². The third-order valence-electron chi connectivity index (χ3n) is 4.96. The molecule has 0 saturated carbocycles. The van der Waals surface area contributed by atoms with Gasteiger partial charge in [0.15, 0.2) is 0 Å². The average Bonchev–Trinajstić information content (AvgIpc) is 2.66. The van der Waals surface area contributed by atoms with Crippen molar-refractivity contribution in [3.8, 4) is 0 Å². The van der Waals surface area contributed by atoms with Crippen molar-refractivity contribution < 1.29 is 13.2 Å². The lowest BCUT2D eigenvalue weighted by Crippen LogP contribution is -2.37. The second kappa shape index (κ2) is 8.13. The van der Waals surface area contributed by atoms with E-state index in [0.29, 0.717) is 24.2 Å². The number of anilines is 1. The molecule has 144 valence electrons. The third kappa shape index (κ3) is 4.50. The van der Waals surface area contributed by atoms with Gasteiger partial charge in [0, 0.05) is 12.1 Å². The molecule has 0 unspecified atom stereocenters. The highest BCUT2D eigenvalue weighted by atomic mass is 32.2. The topological polar surface area (TPSA) is 66.5 Å². The van der Waals surface area contributed by atoms with Gasteiger partial charge < -0.3 is 5.32 Å². The predicted molar refractivity (Wildman–Crippen MR) is 108 cm³/mol. The fraction of sp³-hybridized carbons (Fsp3) is 0.381. The Morgan fingerprint density at radius 1 is 1.07 bits per heavy atom. The quantitative estimate of drug-likeness (QED) is 0.850. The first-order valence-corrected chi connectivity index (χ1v) is 11.0. The number of nitrogens with zero attached hydrogens (tertiary/aromatic N) is 1. The second-order valence-electron chi connectivity index (χ2n) is 6.99. The number of aryl methyl sites for hydroxylation is 1. The zero-order valence-electron chi connectivity index (χ0n) is 15.8. The van der Waals surface area contributed by atoms with Crippen LogP contribution in [0.2, 0.25) is 0 Å². The molecule has 27 heavy (non-hydrogen) atoms. The lowest BCUT2D eigenvalue weighted by Gasteiger charge is -2.28. The first-order valence-electron chi connectivity index (χ1n) is 9.38. The molecule has 5 nitrogen and oxygen atoms in total. The van der Waals surface area contributed by atoms with E-state index in [4.69, 9.17) is 0 Å². The first-order chi connectivity index (χ1) is 12.9. The number of benzene rings is 2. The maximum absolute atomic E-state index is 12.6. The highest BCUT2D eigenvalue weighted by molar-refractivity contribution is 7.92. The summed E-state index contributed by atoms with van der Waals surface area (Å²) in [5, 5.41) is 3.06. The number of carbonyl (C=O) groups excluding carboxylic acids is 1. The Hall–Kier alpha value is -2.34. The van der Waals surface area contributed by atoms with E-state index in [1.54, 1.807) is 24.3 Å². The number of rotatable bonds is 5. The molecule has 1 saturated heterocycles. The maximum atomic E-state index is 12.6. The summed E-state index contributed by atoms with van der Waals surface area (Å²) >= 11 is 0. The molecule has 0 spiro atoms. The number of hydrogen-bond acceptors (Lipinski definition) is 3. The summed E-state index contributed by atoms with van der Waals surface area (Å²) in [5.74, 6) is 0.0275. The summed E-state index contributed by atoms with van der Waals surface area (Å²) in [6.45, 7) is 4.57. The van der Waals surface area contributed by atoms with Crippen LogP contribution in [0.3, 0.4) is 0 Å². The van der Waals surface area contributed by atoms with Gasteiger partial charge in [-0.2, -0.15) is 0 Å². The molecule has 0 bridgehead atoms. The number of carbonyl (C=O) groups is 1. The molecule has 1 aliphatic rings. The number of amides is 1. The normalized spacial score (nSPS) is 17.3. The van der Waals surface area contributed by atoms with Gasteiger partial charge in [0.2, 0.25) is 10.0 Å². The molecule has 1 atom stereocenters. The summed E-state index contributed by atoms with van der Waals surface area (Å²) < 4.78 is 25.9. The smallest absolute Gasteiger partial charge is 0.251 e. The lowest BCUT2D eigenvalue weighted by atomic mass is 10.0. The standard InChI is InChI=1S/C21H26N2O3S/c1-3-20(17-8-6-16(2)7-9-17)22-21(24)18-10-12-19(13-11-18)23-14-4-5-15-27(23,25)26/h6-13,20H,3-5,14-15H2,1-2H3,(H,22,24)/t20-/m0/s1. The van der Waals surface area contributed by atoms with Gasteiger partial charge in [-0.15, -0.1) is 0 Å². The molecule has 1 fully saturated rings. The minimum Gasteiger partial charge on any atom is -0.345 e. The Morgan fingerprint density at radius 3 is 2.33 bits per heavy atom. The Bertz CT molecular complexity index is 890. The van der Waals surface area contributed by atoms with Crippen molar-refractivity contribution in [2.75, 3.05) is 16.6 Å². The van der Waals surface area contributed by atoms with Gasteiger partial charge >= 0.3 is 0 Å². The van der Waals surface area contributed by atoms with Gasteiger partial charge in [-0.05, 0) is 56.0 Å². The van der Waals surface area contributed by atoms with Crippen molar-refractivity contribution in [2.24, 2.45) is 0 Å². The van der Waals surface area contributed by atoms with Crippen molar-refractivity contribution in [1.29, 1.82) is 0 Å². The molecule has 0 radical (unpaired) electrons. The van der Waals surface area contributed by atoms with Crippen LogP contribution in [-0.2, 0) is 10.0 Å². The van der Waals surface area contributed by atoms with E-state index in [1.807, 2.05) is 38.1 Å². The third-order valence-corrected chi connectivity index (χ3v) is 6.83. The van der Waals surface area contributed by atoms with Gasteiger partial charge in [0.25, 0.3) is 5.91 Å². The zero-order chi connectivity index (χ0) is 19.4. The van der Waals surface area contributed by atoms with Crippen LogP contribution in [0.4, 0.5) is 5.69 Å². The maximum Gasteiger partial charge on any atom is 0.251 e. The monoisotopic (exact) mass is 386 g/mol. The number of sulfonamides is 1. The fourth-order valence-electron chi connectivity index (χ4n) is 3.32. The van der Waals surface area contributed by atoms with Gasteiger partial charge in [-0.1, -0.05) is 36.8 Å². The first kappa shape index (κ1) is 19.4. The van der Waals surface area contributed by atoms with Gasteiger partial charge in [0.1, 0.15) is 0 Å². The van der Waals surface area contributed by atoms with Crippen LogP contribution in [0.1, 0.15) is 53.7 Å². The van der Waals surface area contributed by atoms with E-state index in [9.17, 15) is 13.2 Å². The SMILES string of the molecule is CC[C@H](NC(=O)c1ccc(N2CCCCS2(=O)=O)cc1)c1ccc(C)cc1. The highest BCUT2D eigenvalue weighted by Crippen LogP contribution is 2.24. The van der Waals surface area contributed by atoms with Crippen LogP contribution in [-0.4, -0.2) is 26.6 Å². The minimum atomic E-state index is -3.24. The molecule has 2 aromatic rings. The average molecular weight is 387 g/mol. The lowest BCUT2D eigenvalue weighted by molar-refractivity contribution is 0.0935. The Kier molecular flexibility index (Phi) is 5.85. The summed E-state index contributed by atoms with van der Waals surface area (Å²) in [7, 11) is -3.24. The summed E-state index contributed by atoms with van der Waals surface area (Å²) in [6.07, 6.45) is 2.35. The molecule has 6 heteroatoms. The molecular formula is C21H26N2O3S. The molecular weight excluding hydrogens is 360 g/mol. The molecule has 1 amide bonds. The Labute approximate surface area is 161 Å². The van der Waals surface area contributed by atoms with Crippen molar-refractivity contribution in [2.45, 2.75) is 39.2 Å². The van der Waals surface area contributed by atoms with Crippen LogP contribution in [0.25, 0.3) is 0 Å². The molecule has 1 heterocycles.